The average molecular weight is 228 g/mol. The van der Waals surface area contributed by atoms with E-state index in [4.69, 9.17) is 24.4 Å². The van der Waals surface area contributed by atoms with E-state index in [1.54, 1.807) is 0 Å². The summed E-state index contributed by atoms with van der Waals surface area (Å²) in [5.74, 6) is 0.823. The predicted molar refractivity (Wildman–Crippen MR) is 54.7 cm³/mol. The van der Waals surface area contributed by atoms with Gasteiger partial charge in [0.2, 0.25) is 0 Å². The van der Waals surface area contributed by atoms with Crippen LogP contribution in [0.15, 0.2) is 0 Å². The monoisotopic (exact) mass is 228 g/mol. The van der Waals surface area contributed by atoms with Gasteiger partial charge in [-0.05, 0) is 12.3 Å². The second-order valence-corrected chi connectivity index (χ2v) is 4.51. The average Bonchev–Trinajstić information content (AvgIpc) is 1.94. The van der Waals surface area contributed by atoms with Gasteiger partial charge in [0.05, 0.1) is 0 Å². The summed E-state index contributed by atoms with van der Waals surface area (Å²) in [4.78, 5) is 21.6. The van der Waals surface area contributed by atoms with Crippen LogP contribution < -0.4 is 0 Å². The van der Waals surface area contributed by atoms with Crippen molar-refractivity contribution < 1.29 is 24.4 Å². The predicted octanol–water partition coefficient (Wildman–Crippen LogP) is 1.27. The van der Waals surface area contributed by atoms with E-state index in [1.807, 2.05) is 0 Å². The summed E-state index contributed by atoms with van der Waals surface area (Å²) in [7, 11) is -4.64. The summed E-state index contributed by atoms with van der Waals surface area (Å²) in [6.45, 7) is 4.83. The summed E-state index contributed by atoms with van der Waals surface area (Å²) >= 11 is 0. The minimum atomic E-state index is -4.64. The van der Waals surface area contributed by atoms with Crippen molar-refractivity contribution in [3.05, 3.63) is 0 Å². The molecule has 0 aromatic carbocycles. The fraction of sp³-hybridized carbons (Fsp3) is 1.00. The number of unbranched alkanes of at least 4 members (excludes halogenated alkanes) is 2. The zero-order chi connectivity index (χ0) is 11.6. The Hall–Kier alpha value is 0.0700. The van der Waals surface area contributed by atoms with Gasteiger partial charge in [0.1, 0.15) is 0 Å². The fourth-order valence-electron chi connectivity index (χ4n) is 0.841. The smallest absolute Gasteiger partial charge is 0.396 e. The van der Waals surface area contributed by atoms with Gasteiger partial charge in [-0.2, -0.15) is 0 Å². The molecule has 0 aliphatic heterocycles. The highest BCUT2D eigenvalue weighted by Crippen LogP contribution is 2.25. The van der Waals surface area contributed by atoms with Crippen molar-refractivity contribution in [2.24, 2.45) is 5.92 Å². The molecule has 0 heterocycles. The second-order valence-electron chi connectivity index (χ2n) is 3.48. The highest BCUT2D eigenvalue weighted by Gasteiger charge is 2.00. The summed E-state index contributed by atoms with van der Waals surface area (Å²) in [5, 5.41) is 8.43. The third-order valence-electron chi connectivity index (χ3n) is 1.44. The number of hydrogen-bond acceptors (Lipinski definition) is 2. The molecule has 0 saturated heterocycles. The lowest BCUT2D eigenvalue weighted by Gasteiger charge is -2.01. The second kappa shape index (κ2) is 9.62. The van der Waals surface area contributed by atoms with Crippen LogP contribution in [0.25, 0.3) is 0 Å². The molecule has 4 N–H and O–H groups in total. The molecule has 5 nitrogen and oxygen atoms in total. The lowest BCUT2D eigenvalue weighted by molar-refractivity contribution is 0.275. The molecule has 0 aromatic rings. The van der Waals surface area contributed by atoms with Gasteiger partial charge in [0.15, 0.2) is 0 Å². The molecule has 0 rings (SSSR count). The lowest BCUT2D eigenvalue weighted by atomic mass is 10.1. The van der Waals surface area contributed by atoms with Gasteiger partial charge in [0, 0.05) is 6.61 Å². The summed E-state index contributed by atoms with van der Waals surface area (Å²) in [6, 6.07) is 0. The Morgan fingerprint density at radius 1 is 1.07 bits per heavy atom. The molecule has 0 aliphatic carbocycles. The Bertz CT molecular complexity index is 146. The van der Waals surface area contributed by atoms with E-state index in [9.17, 15) is 0 Å². The number of aliphatic hydroxyl groups excluding tert-OH is 1. The highest BCUT2D eigenvalue weighted by molar-refractivity contribution is 7.45. The van der Waals surface area contributed by atoms with Gasteiger partial charge in [-0.15, -0.1) is 0 Å². The maximum absolute atomic E-state index is 8.88. The molecule has 0 saturated carbocycles. The lowest BCUT2D eigenvalue weighted by Crippen LogP contribution is -1.88. The third-order valence-corrected chi connectivity index (χ3v) is 1.44. The van der Waals surface area contributed by atoms with Crippen LogP contribution in [0.1, 0.15) is 39.5 Å². The van der Waals surface area contributed by atoms with Gasteiger partial charge >= 0.3 is 7.82 Å². The zero-order valence-electron chi connectivity index (χ0n) is 8.76. The normalized spacial score (nSPS) is 11.1. The van der Waals surface area contributed by atoms with E-state index in [0.717, 1.165) is 12.3 Å². The molecule has 0 atom stereocenters. The fourth-order valence-corrected chi connectivity index (χ4v) is 0.841. The van der Waals surface area contributed by atoms with Crippen molar-refractivity contribution >= 4 is 7.82 Å². The van der Waals surface area contributed by atoms with Crippen molar-refractivity contribution in [2.75, 3.05) is 6.61 Å². The van der Waals surface area contributed by atoms with Crippen LogP contribution in [0.5, 0.6) is 0 Å². The minimum Gasteiger partial charge on any atom is -0.396 e. The van der Waals surface area contributed by atoms with Gasteiger partial charge in [-0.3, -0.25) is 0 Å². The van der Waals surface area contributed by atoms with Crippen LogP contribution in [0, 0.1) is 5.92 Å². The number of aliphatic hydroxyl groups is 1. The van der Waals surface area contributed by atoms with E-state index in [2.05, 4.69) is 13.8 Å². The van der Waals surface area contributed by atoms with E-state index in [0.29, 0.717) is 6.61 Å². The molecular weight excluding hydrogens is 207 g/mol. The van der Waals surface area contributed by atoms with E-state index in [-0.39, 0.29) is 0 Å². The van der Waals surface area contributed by atoms with Gasteiger partial charge < -0.3 is 19.8 Å². The minimum absolute atomic E-state index is 0.359. The molecule has 0 bridgehead atoms. The van der Waals surface area contributed by atoms with Gasteiger partial charge in [0.25, 0.3) is 0 Å². The van der Waals surface area contributed by atoms with Crippen molar-refractivity contribution in [2.45, 2.75) is 39.5 Å². The molecule has 6 heteroatoms. The Morgan fingerprint density at radius 3 is 1.79 bits per heavy atom. The Morgan fingerprint density at radius 2 is 1.50 bits per heavy atom. The molecule has 88 valence electrons. The van der Waals surface area contributed by atoms with Crippen molar-refractivity contribution in [3.63, 3.8) is 0 Å². The van der Waals surface area contributed by atoms with E-state index >= 15 is 0 Å². The van der Waals surface area contributed by atoms with Crippen LogP contribution in [0.4, 0.5) is 0 Å². The molecule has 0 aromatic heterocycles. The van der Waals surface area contributed by atoms with Crippen LogP contribution in [0.3, 0.4) is 0 Å². The van der Waals surface area contributed by atoms with Crippen LogP contribution in [-0.2, 0) is 4.57 Å². The van der Waals surface area contributed by atoms with Crippen LogP contribution in [-0.4, -0.2) is 26.4 Å². The maximum atomic E-state index is 8.88. The maximum Gasteiger partial charge on any atom is 0.466 e. The molecule has 0 radical (unpaired) electrons. The molecular formula is C8H21O5P. The first kappa shape index (κ1) is 16.5. The summed E-state index contributed by atoms with van der Waals surface area (Å²) in [6.07, 6.45) is 4.75. The quantitative estimate of drug-likeness (QED) is 0.419. The van der Waals surface area contributed by atoms with Crippen molar-refractivity contribution in [1.29, 1.82) is 0 Å². The number of hydrogen-bond donors (Lipinski definition) is 4. The number of phosphoric acid groups is 1. The highest BCUT2D eigenvalue weighted by atomic mass is 31.2. The van der Waals surface area contributed by atoms with Gasteiger partial charge in [-0.25, -0.2) is 4.57 Å². The van der Waals surface area contributed by atoms with Crippen molar-refractivity contribution in [3.8, 4) is 0 Å². The van der Waals surface area contributed by atoms with Crippen LogP contribution in [0.2, 0.25) is 0 Å². The first-order valence-corrected chi connectivity index (χ1v) is 6.23. The number of rotatable bonds is 5. The molecule has 0 amide bonds. The molecule has 0 fully saturated rings. The van der Waals surface area contributed by atoms with E-state index < -0.39 is 7.82 Å². The SMILES string of the molecule is CC(C)CCCCCO.O=P(O)(O)O. The third kappa shape index (κ3) is 40.1. The summed E-state index contributed by atoms with van der Waals surface area (Å²) < 4.78 is 8.88. The first-order valence-electron chi connectivity index (χ1n) is 4.66. The Balaban J connectivity index is 0. The largest absolute Gasteiger partial charge is 0.466 e. The summed E-state index contributed by atoms with van der Waals surface area (Å²) in [5.41, 5.74) is 0. The Labute approximate surface area is 85.0 Å². The van der Waals surface area contributed by atoms with Gasteiger partial charge in [-0.1, -0.05) is 33.1 Å². The van der Waals surface area contributed by atoms with E-state index in [1.165, 1.54) is 19.3 Å². The molecule has 0 unspecified atom stereocenters. The Kier molecular flexibility index (Phi) is 11.3. The molecule has 0 aliphatic rings. The van der Waals surface area contributed by atoms with Crippen LogP contribution >= 0.6 is 7.82 Å². The standard InChI is InChI=1S/C8H18O.H3O4P/c1-8(2)6-4-3-5-7-9;1-5(2,3)4/h8-9H,3-7H2,1-2H3;(H3,1,2,3,4). The van der Waals surface area contributed by atoms with Crippen molar-refractivity contribution in [1.82, 2.24) is 0 Å². The first-order chi connectivity index (χ1) is 6.27. The zero-order valence-corrected chi connectivity index (χ0v) is 9.65. The molecule has 14 heavy (non-hydrogen) atoms. The topological polar surface area (TPSA) is 98.0 Å². The molecule has 0 spiro atoms.